The second-order valence-electron chi connectivity index (χ2n) is 6.25. The van der Waals surface area contributed by atoms with Crippen LogP contribution in [0.2, 0.25) is 0 Å². The summed E-state index contributed by atoms with van der Waals surface area (Å²) in [6, 6.07) is 4.96. The second-order valence-corrected chi connectivity index (χ2v) is 6.25. The van der Waals surface area contributed by atoms with Crippen molar-refractivity contribution in [1.29, 1.82) is 0 Å². The van der Waals surface area contributed by atoms with E-state index in [0.717, 1.165) is 16.7 Å². The smallest absolute Gasteiger partial charge is 0.274 e. The van der Waals surface area contributed by atoms with Gasteiger partial charge in [-0.2, -0.15) is 0 Å². The molecule has 2 amide bonds. The number of nitrogens with one attached hydrogen (secondary N) is 1. The van der Waals surface area contributed by atoms with Gasteiger partial charge in [0.1, 0.15) is 5.75 Å². The van der Waals surface area contributed by atoms with Crippen LogP contribution in [-0.4, -0.2) is 48.3 Å². The van der Waals surface area contributed by atoms with E-state index in [-0.39, 0.29) is 5.91 Å². The Labute approximate surface area is 146 Å². The Balaban J connectivity index is 1.85. The molecule has 134 valence electrons. The van der Waals surface area contributed by atoms with Crippen molar-refractivity contribution in [2.45, 2.75) is 26.3 Å². The lowest BCUT2D eigenvalue weighted by molar-refractivity contribution is -0.128. The molecule has 0 bridgehead atoms. The van der Waals surface area contributed by atoms with Gasteiger partial charge in [0.2, 0.25) is 5.91 Å². The standard InChI is InChI=1S/C18H22N2O5/c1-12-11-24-8-5-15(12)18(22)20-6-2-7-25-16-9-13(17(21)19-23)3-4-14(16)10-20/h3-4,9,23H,2,5-8,10-11H2,1H3,(H,19,21). The first-order valence-corrected chi connectivity index (χ1v) is 8.36. The van der Waals surface area contributed by atoms with E-state index in [0.29, 0.717) is 57.1 Å². The molecule has 2 heterocycles. The summed E-state index contributed by atoms with van der Waals surface area (Å²) >= 11 is 0. The molecule has 7 nitrogen and oxygen atoms in total. The fourth-order valence-electron chi connectivity index (χ4n) is 3.10. The van der Waals surface area contributed by atoms with Gasteiger partial charge in [0.15, 0.2) is 0 Å². The normalized spacial score (nSPS) is 17.9. The van der Waals surface area contributed by atoms with Gasteiger partial charge in [0, 0.05) is 36.2 Å². The maximum absolute atomic E-state index is 12.9. The van der Waals surface area contributed by atoms with Crippen LogP contribution in [0.1, 0.15) is 35.7 Å². The summed E-state index contributed by atoms with van der Waals surface area (Å²) in [5.74, 6) is 0.0199. The number of rotatable bonds is 2. The van der Waals surface area contributed by atoms with Crippen molar-refractivity contribution in [2.24, 2.45) is 0 Å². The third kappa shape index (κ3) is 3.83. The number of carbonyl (C=O) groups excluding carboxylic acids is 2. The Morgan fingerprint density at radius 3 is 2.88 bits per heavy atom. The summed E-state index contributed by atoms with van der Waals surface area (Å²) in [7, 11) is 0. The van der Waals surface area contributed by atoms with Gasteiger partial charge in [-0.3, -0.25) is 14.8 Å². The van der Waals surface area contributed by atoms with Crippen molar-refractivity contribution in [1.82, 2.24) is 10.4 Å². The topological polar surface area (TPSA) is 88.1 Å². The lowest BCUT2D eigenvalue weighted by Crippen LogP contribution is -2.36. The number of benzene rings is 1. The molecule has 0 spiro atoms. The van der Waals surface area contributed by atoms with Gasteiger partial charge in [0.25, 0.3) is 5.91 Å². The Kier molecular flexibility index (Phi) is 5.35. The van der Waals surface area contributed by atoms with Crippen LogP contribution in [0.15, 0.2) is 29.3 Å². The molecule has 3 rings (SSSR count). The van der Waals surface area contributed by atoms with Crippen molar-refractivity contribution in [3.05, 3.63) is 40.5 Å². The molecule has 0 unspecified atom stereocenters. The van der Waals surface area contributed by atoms with E-state index in [1.165, 1.54) is 0 Å². The van der Waals surface area contributed by atoms with Gasteiger partial charge < -0.3 is 14.4 Å². The average molecular weight is 346 g/mol. The van der Waals surface area contributed by atoms with Gasteiger partial charge in [-0.05, 0) is 31.1 Å². The molecule has 0 atom stereocenters. The van der Waals surface area contributed by atoms with E-state index in [1.807, 2.05) is 11.8 Å². The predicted molar refractivity (Wildman–Crippen MR) is 89.4 cm³/mol. The summed E-state index contributed by atoms with van der Waals surface area (Å²) < 4.78 is 11.1. The van der Waals surface area contributed by atoms with Crippen molar-refractivity contribution in [2.75, 3.05) is 26.4 Å². The maximum atomic E-state index is 12.9. The van der Waals surface area contributed by atoms with E-state index in [1.54, 1.807) is 23.7 Å². The third-order valence-electron chi connectivity index (χ3n) is 4.50. The minimum absolute atomic E-state index is 0.0471. The van der Waals surface area contributed by atoms with Gasteiger partial charge in [0.05, 0.1) is 19.8 Å². The van der Waals surface area contributed by atoms with Crippen LogP contribution in [-0.2, 0) is 16.1 Å². The van der Waals surface area contributed by atoms with E-state index in [2.05, 4.69) is 0 Å². The number of ether oxygens (including phenoxy) is 2. The monoisotopic (exact) mass is 346 g/mol. The molecular formula is C18H22N2O5. The van der Waals surface area contributed by atoms with Crippen LogP contribution in [0.3, 0.4) is 0 Å². The number of hydrogen-bond acceptors (Lipinski definition) is 5. The molecule has 0 saturated carbocycles. The zero-order valence-corrected chi connectivity index (χ0v) is 14.2. The highest BCUT2D eigenvalue weighted by molar-refractivity contribution is 5.95. The van der Waals surface area contributed by atoms with Crippen LogP contribution >= 0.6 is 0 Å². The summed E-state index contributed by atoms with van der Waals surface area (Å²) in [5.41, 5.74) is 4.59. The third-order valence-corrected chi connectivity index (χ3v) is 4.50. The highest BCUT2D eigenvalue weighted by Gasteiger charge is 2.25. The summed E-state index contributed by atoms with van der Waals surface area (Å²) in [4.78, 5) is 26.3. The van der Waals surface area contributed by atoms with E-state index < -0.39 is 5.91 Å². The zero-order valence-electron chi connectivity index (χ0n) is 14.2. The average Bonchev–Trinajstić information content (AvgIpc) is 2.61. The number of carbonyl (C=O) groups is 2. The van der Waals surface area contributed by atoms with Crippen molar-refractivity contribution in [3.63, 3.8) is 0 Å². The first-order chi connectivity index (χ1) is 12.1. The molecular weight excluding hydrogens is 324 g/mol. The Hall–Kier alpha value is -2.38. The van der Waals surface area contributed by atoms with Gasteiger partial charge in [-0.1, -0.05) is 6.07 Å². The second kappa shape index (κ2) is 7.67. The lowest BCUT2D eigenvalue weighted by Gasteiger charge is -2.29. The van der Waals surface area contributed by atoms with Crippen LogP contribution in [0.25, 0.3) is 0 Å². The molecule has 7 heteroatoms. The van der Waals surface area contributed by atoms with Gasteiger partial charge in [-0.15, -0.1) is 0 Å². The van der Waals surface area contributed by atoms with Crippen LogP contribution in [0, 0.1) is 0 Å². The molecule has 25 heavy (non-hydrogen) atoms. The number of nitrogens with zero attached hydrogens (tertiary/aromatic N) is 1. The molecule has 1 aromatic rings. The van der Waals surface area contributed by atoms with Crippen molar-refractivity contribution in [3.8, 4) is 5.75 Å². The van der Waals surface area contributed by atoms with Gasteiger partial charge in [-0.25, -0.2) is 5.48 Å². The number of hydroxylamine groups is 1. The summed E-state index contributed by atoms with van der Waals surface area (Å²) in [6.45, 7) is 4.52. The number of amides is 2. The molecule has 0 radical (unpaired) electrons. The van der Waals surface area contributed by atoms with Crippen molar-refractivity contribution >= 4 is 11.8 Å². The molecule has 0 fully saturated rings. The fourth-order valence-corrected chi connectivity index (χ4v) is 3.10. The minimum Gasteiger partial charge on any atom is -0.493 e. The minimum atomic E-state index is -0.593. The Morgan fingerprint density at radius 1 is 1.28 bits per heavy atom. The Morgan fingerprint density at radius 2 is 2.12 bits per heavy atom. The van der Waals surface area contributed by atoms with E-state index in [9.17, 15) is 9.59 Å². The summed E-state index contributed by atoms with van der Waals surface area (Å²) in [6.07, 6.45) is 1.35. The Bertz CT molecular complexity index is 713. The first kappa shape index (κ1) is 17.4. The van der Waals surface area contributed by atoms with E-state index in [4.69, 9.17) is 14.7 Å². The zero-order chi connectivity index (χ0) is 17.8. The maximum Gasteiger partial charge on any atom is 0.274 e. The van der Waals surface area contributed by atoms with E-state index >= 15 is 0 Å². The largest absolute Gasteiger partial charge is 0.493 e. The van der Waals surface area contributed by atoms with Crippen LogP contribution in [0.5, 0.6) is 5.75 Å². The molecule has 2 aliphatic rings. The molecule has 2 N–H and O–H groups in total. The first-order valence-electron chi connectivity index (χ1n) is 8.36. The highest BCUT2D eigenvalue weighted by atomic mass is 16.5. The number of hydrogen-bond donors (Lipinski definition) is 2. The molecule has 1 aromatic carbocycles. The molecule has 2 aliphatic heterocycles. The summed E-state index contributed by atoms with van der Waals surface area (Å²) in [5, 5.41) is 8.77. The quantitative estimate of drug-likeness (QED) is 0.628. The molecule has 0 aliphatic carbocycles. The SMILES string of the molecule is CC1=C(C(=O)N2CCCOc3cc(C(=O)NO)ccc3C2)CCOC1. The predicted octanol–water partition coefficient (Wildman–Crippen LogP) is 1.65. The van der Waals surface area contributed by atoms with Gasteiger partial charge >= 0.3 is 0 Å². The van der Waals surface area contributed by atoms with Crippen LogP contribution < -0.4 is 10.2 Å². The van der Waals surface area contributed by atoms with Crippen LogP contribution in [0.4, 0.5) is 0 Å². The molecule has 0 saturated heterocycles. The number of fused-ring (bicyclic) bond motifs is 1. The highest BCUT2D eigenvalue weighted by Crippen LogP contribution is 2.26. The lowest BCUT2D eigenvalue weighted by atomic mass is 10.0. The molecule has 0 aromatic heterocycles. The fraction of sp³-hybridized carbons (Fsp3) is 0.444. The van der Waals surface area contributed by atoms with Crippen molar-refractivity contribution < 1.29 is 24.3 Å².